The molecule has 1 aliphatic carbocycles. The molecule has 2 fully saturated rings. The molecule has 306 valence electrons. The minimum absolute atomic E-state index is 0.0906. The molecule has 1 N–H and O–H groups in total. The fourth-order valence-corrected chi connectivity index (χ4v) is 8.54. The predicted molar refractivity (Wildman–Crippen MR) is 222 cm³/mol. The number of ether oxygens (including phenoxy) is 4. The molecule has 1 saturated carbocycles. The lowest BCUT2D eigenvalue weighted by Gasteiger charge is -2.32. The second-order valence-electron chi connectivity index (χ2n) is 15.6. The second-order valence-corrected chi connectivity index (χ2v) is 16.4. The summed E-state index contributed by atoms with van der Waals surface area (Å²) in [6.45, 7) is 13.3. The van der Waals surface area contributed by atoms with E-state index < -0.39 is 29.6 Å². The molecule has 2 aromatic heterocycles. The van der Waals surface area contributed by atoms with E-state index in [9.17, 15) is 14.4 Å². The summed E-state index contributed by atoms with van der Waals surface area (Å²) in [7, 11) is 3.26. The van der Waals surface area contributed by atoms with Crippen molar-refractivity contribution in [3.63, 3.8) is 0 Å². The molecule has 13 heteroatoms. The van der Waals surface area contributed by atoms with Gasteiger partial charge >= 0.3 is 12.0 Å². The van der Waals surface area contributed by atoms with Crippen LogP contribution >= 0.6 is 11.3 Å². The van der Waals surface area contributed by atoms with Crippen molar-refractivity contribution in [1.82, 2.24) is 25.1 Å². The van der Waals surface area contributed by atoms with Crippen LogP contribution in [0.15, 0.2) is 47.8 Å². The van der Waals surface area contributed by atoms with Crippen molar-refractivity contribution in [2.75, 3.05) is 33.9 Å². The molecule has 57 heavy (non-hydrogen) atoms. The fraction of sp³-hybridized carbons (Fsp3) is 0.523. The first-order valence-corrected chi connectivity index (χ1v) is 21.1. The molecule has 2 aliphatic rings. The molecule has 0 radical (unpaired) electrons. The number of hydrogen-bond acceptors (Lipinski definition) is 10. The highest BCUT2D eigenvalue weighted by atomic mass is 32.1. The van der Waals surface area contributed by atoms with Crippen LogP contribution in [0.4, 0.5) is 4.79 Å². The standard InChI is InChI=1S/C44H57N5O7S/c1-9-11-12-13-20-48(24-30-14-16-31(53-7)17-15-30)43(52)49-25-32(21-36(49)40(50)47-44(23-28(44)5)42(51)55-10-2)56-38-22-34(41-46-35(26-57-41)27(3)4)45-39-29(6)37(54-8)19-18-33(38)39/h14-19,22,26-28,32,36H,9-13,20-21,23-25H2,1-8H3,(H,47,50)/t28-,32-,36+,44-/m1/s1. The molecule has 0 spiro atoms. The van der Waals surface area contributed by atoms with Crippen molar-refractivity contribution >= 4 is 40.1 Å². The number of hydrogen-bond donors (Lipinski definition) is 1. The first-order chi connectivity index (χ1) is 27.4. The number of nitrogens with one attached hydrogen (secondary N) is 1. The molecular weight excluding hydrogens is 743 g/mol. The van der Waals surface area contributed by atoms with Gasteiger partial charge in [-0.2, -0.15) is 0 Å². The van der Waals surface area contributed by atoms with Crippen molar-refractivity contribution in [2.24, 2.45) is 5.92 Å². The molecule has 0 bridgehead atoms. The maximum absolute atomic E-state index is 14.8. The van der Waals surface area contributed by atoms with Gasteiger partial charge in [-0.25, -0.2) is 19.6 Å². The highest BCUT2D eigenvalue weighted by molar-refractivity contribution is 7.13. The minimum Gasteiger partial charge on any atom is -0.497 e. The Hall–Kier alpha value is -4.91. The number of thiazole rings is 1. The molecule has 0 unspecified atom stereocenters. The highest BCUT2D eigenvalue weighted by Crippen LogP contribution is 2.45. The average molecular weight is 800 g/mol. The van der Waals surface area contributed by atoms with Crippen molar-refractivity contribution < 1.29 is 33.3 Å². The van der Waals surface area contributed by atoms with Gasteiger partial charge in [0.1, 0.15) is 45.6 Å². The summed E-state index contributed by atoms with van der Waals surface area (Å²) in [6.07, 6.45) is 4.09. The van der Waals surface area contributed by atoms with Gasteiger partial charge in [0.25, 0.3) is 0 Å². The third-order valence-electron chi connectivity index (χ3n) is 11.2. The second kappa shape index (κ2) is 18.1. The lowest BCUT2D eigenvalue weighted by atomic mass is 10.1. The Morgan fingerprint density at radius 3 is 2.40 bits per heavy atom. The Labute approximate surface area is 340 Å². The maximum atomic E-state index is 14.8. The van der Waals surface area contributed by atoms with E-state index >= 15 is 0 Å². The number of amides is 3. The summed E-state index contributed by atoms with van der Waals surface area (Å²) in [6, 6.07) is 12.3. The maximum Gasteiger partial charge on any atom is 0.332 e. The molecule has 1 aliphatic heterocycles. The van der Waals surface area contributed by atoms with E-state index in [-0.39, 0.29) is 37.4 Å². The molecular formula is C44H57N5O7S. The average Bonchev–Trinajstić information content (AvgIpc) is 3.51. The van der Waals surface area contributed by atoms with Gasteiger partial charge in [-0.05, 0) is 68.4 Å². The number of carbonyl (C=O) groups is 3. The van der Waals surface area contributed by atoms with Crippen molar-refractivity contribution in [3.05, 3.63) is 64.7 Å². The molecule has 3 heterocycles. The largest absolute Gasteiger partial charge is 0.497 e. The molecule has 1 saturated heterocycles. The van der Waals surface area contributed by atoms with E-state index in [1.54, 1.807) is 26.0 Å². The van der Waals surface area contributed by atoms with Crippen LogP contribution < -0.4 is 19.5 Å². The van der Waals surface area contributed by atoms with E-state index in [1.807, 2.05) is 61.2 Å². The zero-order chi connectivity index (χ0) is 40.9. The number of aryl methyl sites for hydroxylation is 1. The van der Waals surface area contributed by atoms with Gasteiger partial charge < -0.3 is 34.1 Å². The normalized spacial score (nSPS) is 20.1. The summed E-state index contributed by atoms with van der Waals surface area (Å²) in [5, 5.41) is 6.65. The molecule has 4 atom stereocenters. The number of methoxy groups -OCH3 is 2. The summed E-state index contributed by atoms with van der Waals surface area (Å²) < 4.78 is 23.3. The first-order valence-electron chi connectivity index (χ1n) is 20.2. The van der Waals surface area contributed by atoms with Crippen LogP contribution in [-0.2, 0) is 20.9 Å². The molecule has 12 nitrogen and oxygen atoms in total. The molecule has 3 amide bonds. The van der Waals surface area contributed by atoms with Gasteiger partial charge in [-0.1, -0.05) is 59.1 Å². The quantitative estimate of drug-likeness (QED) is 0.0828. The van der Waals surface area contributed by atoms with Crippen LogP contribution in [0.5, 0.6) is 17.2 Å². The summed E-state index contributed by atoms with van der Waals surface area (Å²) in [5.74, 6) is 1.34. The van der Waals surface area contributed by atoms with Crippen molar-refractivity contribution in [1.29, 1.82) is 0 Å². The number of nitrogens with zero attached hydrogens (tertiary/aromatic N) is 4. The van der Waals surface area contributed by atoms with Crippen LogP contribution in [0, 0.1) is 12.8 Å². The lowest BCUT2D eigenvalue weighted by Crippen LogP contribution is -2.55. The van der Waals surface area contributed by atoms with E-state index in [2.05, 4.69) is 31.5 Å². The van der Waals surface area contributed by atoms with Gasteiger partial charge in [-0.15, -0.1) is 11.3 Å². The zero-order valence-electron chi connectivity index (χ0n) is 34.6. The predicted octanol–water partition coefficient (Wildman–Crippen LogP) is 8.29. The van der Waals surface area contributed by atoms with Gasteiger partial charge in [-0.3, -0.25) is 4.79 Å². The van der Waals surface area contributed by atoms with Crippen molar-refractivity contribution in [3.8, 4) is 28.0 Å². The summed E-state index contributed by atoms with van der Waals surface area (Å²) in [4.78, 5) is 55.8. The number of fused-ring (bicyclic) bond motifs is 1. The van der Waals surface area contributed by atoms with Crippen LogP contribution in [-0.4, -0.2) is 89.3 Å². The van der Waals surface area contributed by atoms with Crippen LogP contribution in [0.1, 0.15) is 95.9 Å². The van der Waals surface area contributed by atoms with Crippen molar-refractivity contribution in [2.45, 2.75) is 110 Å². The van der Waals surface area contributed by atoms with E-state index in [0.29, 0.717) is 36.7 Å². The number of aromatic nitrogens is 2. The van der Waals surface area contributed by atoms with Crippen LogP contribution in [0.3, 0.4) is 0 Å². The van der Waals surface area contributed by atoms with Gasteiger partial charge in [0.05, 0.1) is 38.6 Å². The third-order valence-corrected chi connectivity index (χ3v) is 12.1. The van der Waals surface area contributed by atoms with Gasteiger partial charge in [0.15, 0.2) is 0 Å². The lowest BCUT2D eigenvalue weighted by molar-refractivity contribution is -0.149. The Morgan fingerprint density at radius 1 is 1.02 bits per heavy atom. The molecule has 4 aromatic rings. The number of pyridine rings is 1. The Balaban J connectivity index is 1.35. The molecule has 2 aromatic carbocycles. The molecule has 6 rings (SSSR count). The number of carbonyl (C=O) groups excluding carboxylic acids is 3. The van der Waals surface area contributed by atoms with Gasteiger partial charge in [0, 0.05) is 41.9 Å². The number of likely N-dealkylation sites (tertiary alicyclic amines) is 1. The Bertz CT molecular complexity index is 2050. The van der Waals surface area contributed by atoms with E-state index in [4.69, 9.17) is 28.9 Å². The van der Waals surface area contributed by atoms with Crippen LogP contribution in [0.25, 0.3) is 21.6 Å². The van der Waals surface area contributed by atoms with E-state index in [0.717, 1.165) is 64.2 Å². The SMILES string of the molecule is CCCCCCN(Cc1ccc(OC)cc1)C(=O)N1C[C@H](Oc2cc(-c3nc(C(C)C)cs3)nc3c(C)c(OC)ccc23)C[C@H]1C(=O)N[C@]1(C(=O)OCC)C[C@H]1C. The number of rotatable bonds is 17. The number of unbranched alkanes of at least 4 members (excludes halogenated alkanes) is 3. The number of esters is 1. The zero-order valence-corrected chi connectivity index (χ0v) is 35.4. The fourth-order valence-electron chi connectivity index (χ4n) is 7.60. The highest BCUT2D eigenvalue weighted by Gasteiger charge is 2.61. The number of urea groups is 1. The monoisotopic (exact) mass is 799 g/mol. The minimum atomic E-state index is -1.11. The van der Waals surface area contributed by atoms with Crippen LogP contribution in [0.2, 0.25) is 0 Å². The smallest absolute Gasteiger partial charge is 0.332 e. The Kier molecular flexibility index (Phi) is 13.3. The van der Waals surface area contributed by atoms with E-state index in [1.165, 1.54) is 11.3 Å². The topological polar surface area (TPSA) is 132 Å². The number of benzene rings is 2. The third kappa shape index (κ3) is 9.14. The first kappa shape index (κ1) is 41.7. The summed E-state index contributed by atoms with van der Waals surface area (Å²) >= 11 is 1.53. The summed E-state index contributed by atoms with van der Waals surface area (Å²) in [5.41, 5.74) is 3.08. The van der Waals surface area contributed by atoms with Gasteiger partial charge in [0.2, 0.25) is 5.91 Å². The Morgan fingerprint density at radius 2 is 1.77 bits per heavy atom.